The van der Waals surface area contributed by atoms with Gasteiger partial charge in [-0.15, -0.1) is 11.3 Å². The van der Waals surface area contributed by atoms with E-state index >= 15 is 0 Å². The Hall–Kier alpha value is -2.37. The third-order valence-corrected chi connectivity index (χ3v) is 4.35. The summed E-state index contributed by atoms with van der Waals surface area (Å²) in [6.45, 7) is 0.736. The maximum atomic E-state index is 9.09. The highest BCUT2D eigenvalue weighted by Gasteiger charge is 2.07. The number of aliphatic hydroxyl groups is 1. The van der Waals surface area contributed by atoms with E-state index in [1.165, 1.54) is 16.9 Å². The van der Waals surface area contributed by atoms with Gasteiger partial charge in [-0.3, -0.25) is 0 Å². The second kappa shape index (κ2) is 7.26. The normalized spacial score (nSPS) is 10.5. The Kier molecular flexibility index (Phi) is 4.90. The molecule has 1 aromatic heterocycles. The molecule has 0 radical (unpaired) electrons. The monoisotopic (exact) mass is 326 g/mol. The number of aliphatic hydroxyl groups excluding tert-OH is 1. The average molecular weight is 326 g/mol. The number of benzene rings is 2. The number of hydrogen-bond acceptors (Lipinski definition) is 5. The number of hydrogen-bond donors (Lipinski definition) is 1. The molecule has 4 nitrogen and oxygen atoms in total. The number of anilines is 1. The molecule has 0 aliphatic heterocycles. The molecule has 0 unspecified atom stereocenters. The standard InChI is InChI=1S/C18H18N2O2S/c1-20(18-19-15(12-21)13-23-18)11-14-7-9-17(10-8-14)22-16-5-3-2-4-6-16/h2-10,13,21H,11-12H2,1H3. The highest BCUT2D eigenvalue weighted by atomic mass is 32.1. The summed E-state index contributed by atoms with van der Waals surface area (Å²) < 4.78 is 5.79. The minimum Gasteiger partial charge on any atom is -0.457 e. The van der Waals surface area contributed by atoms with E-state index in [1.807, 2.05) is 54.9 Å². The first kappa shape index (κ1) is 15.5. The van der Waals surface area contributed by atoms with Crippen molar-refractivity contribution in [2.75, 3.05) is 11.9 Å². The summed E-state index contributed by atoms with van der Waals surface area (Å²) in [5.74, 6) is 1.65. The number of rotatable bonds is 6. The molecule has 1 N–H and O–H groups in total. The number of thiazole rings is 1. The van der Waals surface area contributed by atoms with Crippen LogP contribution in [-0.2, 0) is 13.2 Å². The maximum Gasteiger partial charge on any atom is 0.185 e. The molecule has 0 amide bonds. The van der Waals surface area contributed by atoms with Crippen molar-refractivity contribution >= 4 is 16.5 Å². The fourth-order valence-electron chi connectivity index (χ4n) is 2.17. The van der Waals surface area contributed by atoms with Crippen LogP contribution in [0.5, 0.6) is 11.5 Å². The van der Waals surface area contributed by atoms with Crippen LogP contribution in [0.1, 0.15) is 11.3 Å². The molecule has 5 heteroatoms. The van der Waals surface area contributed by atoms with Gasteiger partial charge in [0.05, 0.1) is 12.3 Å². The van der Waals surface area contributed by atoms with Crippen molar-refractivity contribution in [2.24, 2.45) is 0 Å². The quantitative estimate of drug-likeness (QED) is 0.742. The molecule has 0 bridgehead atoms. The lowest BCUT2D eigenvalue weighted by Crippen LogP contribution is -2.16. The van der Waals surface area contributed by atoms with Crippen LogP contribution in [0.15, 0.2) is 60.0 Å². The number of ether oxygens (including phenoxy) is 1. The lowest BCUT2D eigenvalue weighted by atomic mass is 10.2. The van der Waals surface area contributed by atoms with E-state index in [-0.39, 0.29) is 6.61 Å². The van der Waals surface area contributed by atoms with Crippen LogP contribution >= 0.6 is 11.3 Å². The Morgan fingerprint density at radius 3 is 2.39 bits per heavy atom. The molecular formula is C18H18N2O2S. The van der Waals surface area contributed by atoms with Crippen LogP contribution in [0.25, 0.3) is 0 Å². The molecule has 1 heterocycles. The molecule has 0 aliphatic rings. The molecular weight excluding hydrogens is 308 g/mol. The van der Waals surface area contributed by atoms with Crippen molar-refractivity contribution in [3.63, 3.8) is 0 Å². The molecule has 0 saturated carbocycles. The second-order valence-electron chi connectivity index (χ2n) is 5.19. The molecule has 23 heavy (non-hydrogen) atoms. The second-order valence-corrected chi connectivity index (χ2v) is 6.03. The topological polar surface area (TPSA) is 45.6 Å². The minimum absolute atomic E-state index is 0.0180. The molecule has 0 spiro atoms. The summed E-state index contributed by atoms with van der Waals surface area (Å²) in [6.07, 6.45) is 0. The Morgan fingerprint density at radius 2 is 1.74 bits per heavy atom. The molecule has 0 saturated heterocycles. The first-order valence-corrected chi connectivity index (χ1v) is 8.21. The van der Waals surface area contributed by atoms with Crippen LogP contribution in [0.4, 0.5) is 5.13 Å². The lowest BCUT2D eigenvalue weighted by molar-refractivity contribution is 0.277. The van der Waals surface area contributed by atoms with E-state index in [0.717, 1.165) is 23.2 Å². The van der Waals surface area contributed by atoms with Gasteiger partial charge in [0.25, 0.3) is 0 Å². The predicted molar refractivity (Wildman–Crippen MR) is 93.1 cm³/mol. The van der Waals surface area contributed by atoms with Crippen molar-refractivity contribution in [3.8, 4) is 11.5 Å². The maximum absolute atomic E-state index is 9.09. The van der Waals surface area contributed by atoms with Gasteiger partial charge in [0.2, 0.25) is 0 Å². The molecule has 0 atom stereocenters. The smallest absolute Gasteiger partial charge is 0.185 e. The Labute approximate surface area is 139 Å². The summed E-state index contributed by atoms with van der Waals surface area (Å²) in [4.78, 5) is 6.43. The third kappa shape index (κ3) is 4.09. The Morgan fingerprint density at radius 1 is 1.04 bits per heavy atom. The zero-order chi connectivity index (χ0) is 16.1. The van der Waals surface area contributed by atoms with Crippen molar-refractivity contribution < 1.29 is 9.84 Å². The third-order valence-electron chi connectivity index (χ3n) is 3.35. The highest BCUT2D eigenvalue weighted by Crippen LogP contribution is 2.24. The Balaban J connectivity index is 1.63. The first-order valence-electron chi connectivity index (χ1n) is 7.33. The van der Waals surface area contributed by atoms with E-state index in [4.69, 9.17) is 9.84 Å². The molecule has 3 aromatic rings. The fourth-order valence-corrected chi connectivity index (χ4v) is 2.96. The SMILES string of the molecule is CN(Cc1ccc(Oc2ccccc2)cc1)c1nc(CO)cs1. The largest absolute Gasteiger partial charge is 0.457 e. The van der Waals surface area contributed by atoms with E-state index in [0.29, 0.717) is 5.69 Å². The highest BCUT2D eigenvalue weighted by molar-refractivity contribution is 7.13. The zero-order valence-corrected chi connectivity index (χ0v) is 13.7. The van der Waals surface area contributed by atoms with E-state index in [9.17, 15) is 0 Å². The van der Waals surface area contributed by atoms with Gasteiger partial charge in [-0.1, -0.05) is 30.3 Å². The molecule has 3 rings (SSSR count). The van der Waals surface area contributed by atoms with Crippen LogP contribution < -0.4 is 9.64 Å². The van der Waals surface area contributed by atoms with Gasteiger partial charge in [-0.2, -0.15) is 0 Å². The van der Waals surface area contributed by atoms with Crippen LogP contribution in [0.2, 0.25) is 0 Å². The van der Waals surface area contributed by atoms with Gasteiger partial charge in [-0.05, 0) is 29.8 Å². The molecule has 0 fully saturated rings. The summed E-state index contributed by atoms with van der Waals surface area (Å²) >= 11 is 1.54. The van der Waals surface area contributed by atoms with Gasteiger partial charge >= 0.3 is 0 Å². The molecule has 118 valence electrons. The van der Waals surface area contributed by atoms with Crippen LogP contribution in [0, 0.1) is 0 Å². The molecule has 2 aromatic carbocycles. The van der Waals surface area contributed by atoms with Gasteiger partial charge in [0.15, 0.2) is 5.13 Å². The summed E-state index contributed by atoms with van der Waals surface area (Å²) in [7, 11) is 1.99. The van der Waals surface area contributed by atoms with Gasteiger partial charge < -0.3 is 14.7 Å². The van der Waals surface area contributed by atoms with Gasteiger partial charge in [-0.25, -0.2) is 4.98 Å². The van der Waals surface area contributed by atoms with Gasteiger partial charge in [0.1, 0.15) is 11.5 Å². The lowest BCUT2D eigenvalue weighted by Gasteiger charge is -2.16. The van der Waals surface area contributed by atoms with Crippen molar-refractivity contribution in [3.05, 3.63) is 71.2 Å². The number of nitrogens with zero attached hydrogens (tertiary/aromatic N) is 2. The fraction of sp³-hybridized carbons (Fsp3) is 0.167. The van der Waals surface area contributed by atoms with Crippen molar-refractivity contribution in [1.82, 2.24) is 4.98 Å². The first-order chi connectivity index (χ1) is 11.2. The predicted octanol–water partition coefficient (Wildman–Crippen LogP) is 4.06. The zero-order valence-electron chi connectivity index (χ0n) is 12.8. The van der Waals surface area contributed by atoms with Crippen LogP contribution in [-0.4, -0.2) is 17.1 Å². The Bertz CT molecular complexity index is 741. The van der Waals surface area contributed by atoms with Crippen molar-refractivity contribution in [2.45, 2.75) is 13.2 Å². The summed E-state index contributed by atoms with van der Waals surface area (Å²) in [5, 5.41) is 11.9. The van der Waals surface area contributed by atoms with Gasteiger partial charge in [0, 0.05) is 19.0 Å². The van der Waals surface area contributed by atoms with E-state index < -0.39 is 0 Å². The summed E-state index contributed by atoms with van der Waals surface area (Å²) in [6, 6.07) is 17.8. The van der Waals surface area contributed by atoms with Crippen LogP contribution in [0.3, 0.4) is 0 Å². The van der Waals surface area contributed by atoms with E-state index in [2.05, 4.69) is 22.0 Å². The van der Waals surface area contributed by atoms with E-state index in [1.54, 1.807) is 0 Å². The minimum atomic E-state index is -0.0180. The number of para-hydroxylation sites is 1. The van der Waals surface area contributed by atoms with Crippen molar-refractivity contribution in [1.29, 1.82) is 0 Å². The number of aromatic nitrogens is 1. The summed E-state index contributed by atoms with van der Waals surface area (Å²) in [5.41, 5.74) is 1.89. The molecule has 0 aliphatic carbocycles. The average Bonchev–Trinajstić information content (AvgIpc) is 3.07.